The van der Waals surface area contributed by atoms with Crippen LogP contribution in [0.25, 0.3) is 0 Å². The quantitative estimate of drug-likeness (QED) is 0.424. The Morgan fingerprint density at radius 2 is 1.62 bits per heavy atom. The summed E-state index contributed by atoms with van der Waals surface area (Å²) < 4.78 is 39.1. The lowest BCUT2D eigenvalue weighted by atomic mass is 10.2. The number of benzene rings is 3. The largest absolute Gasteiger partial charge is 0.495 e. The number of carbonyl (C=O) groups is 1. The van der Waals surface area contributed by atoms with Crippen molar-refractivity contribution >= 4 is 50.5 Å². The van der Waals surface area contributed by atoms with Gasteiger partial charge in [0, 0.05) is 10.7 Å². The highest BCUT2D eigenvalue weighted by molar-refractivity contribution is 7.93. The number of amides is 1. The molecule has 0 unspecified atom stereocenters. The Kier molecular flexibility index (Phi) is 7.97. The van der Waals surface area contributed by atoms with Gasteiger partial charge in [0.15, 0.2) is 0 Å². The third-order valence-corrected chi connectivity index (χ3v) is 7.64. The number of hydrogen-bond acceptors (Lipinski definition) is 5. The molecule has 10 heteroatoms. The van der Waals surface area contributed by atoms with Gasteiger partial charge < -0.3 is 14.8 Å². The fourth-order valence-electron chi connectivity index (χ4n) is 3.29. The molecule has 1 amide bonds. The second-order valence-electron chi connectivity index (χ2n) is 7.45. The summed E-state index contributed by atoms with van der Waals surface area (Å²) in [5, 5.41) is 3.41. The lowest BCUT2D eigenvalue weighted by Gasteiger charge is -2.25. The SMILES string of the molecule is COc1ccc(N(CC(=O)Nc2cccc(Cl)c2C)S(=O)(=O)c2cc(C)ccc2OC)cc1Cl. The summed E-state index contributed by atoms with van der Waals surface area (Å²) in [5.41, 5.74) is 2.05. The van der Waals surface area contributed by atoms with Crippen molar-refractivity contribution in [2.45, 2.75) is 18.7 Å². The van der Waals surface area contributed by atoms with Crippen LogP contribution in [0.1, 0.15) is 11.1 Å². The van der Waals surface area contributed by atoms with Gasteiger partial charge >= 0.3 is 0 Å². The van der Waals surface area contributed by atoms with E-state index >= 15 is 0 Å². The molecule has 3 rings (SSSR count). The van der Waals surface area contributed by atoms with E-state index in [2.05, 4.69) is 5.32 Å². The van der Waals surface area contributed by atoms with Crippen LogP contribution in [0.5, 0.6) is 11.5 Å². The van der Waals surface area contributed by atoms with Crippen LogP contribution in [-0.2, 0) is 14.8 Å². The van der Waals surface area contributed by atoms with Gasteiger partial charge in [0.2, 0.25) is 5.91 Å². The van der Waals surface area contributed by atoms with Crippen LogP contribution in [0.3, 0.4) is 0 Å². The Hall–Kier alpha value is -2.94. The minimum absolute atomic E-state index is 0.0753. The van der Waals surface area contributed by atoms with Crippen LogP contribution < -0.4 is 19.1 Å². The van der Waals surface area contributed by atoms with Gasteiger partial charge in [0.05, 0.1) is 24.9 Å². The van der Waals surface area contributed by atoms with E-state index in [1.165, 1.54) is 38.5 Å². The molecule has 0 radical (unpaired) electrons. The summed E-state index contributed by atoms with van der Waals surface area (Å²) in [5.74, 6) is -0.0382. The molecule has 34 heavy (non-hydrogen) atoms. The zero-order valence-electron chi connectivity index (χ0n) is 19.1. The average Bonchev–Trinajstić information content (AvgIpc) is 2.80. The molecule has 0 aliphatic heterocycles. The molecule has 3 aromatic carbocycles. The molecule has 0 aliphatic rings. The van der Waals surface area contributed by atoms with Crippen LogP contribution >= 0.6 is 23.2 Å². The standard InChI is InChI=1S/C24H24Cl2N2O5S/c1-15-8-10-22(33-4)23(12-15)34(30,31)28(17-9-11-21(32-3)19(26)13-17)14-24(29)27-20-7-5-6-18(25)16(20)2/h5-13H,14H2,1-4H3,(H,27,29). The van der Waals surface area contributed by atoms with Crippen molar-refractivity contribution in [3.63, 3.8) is 0 Å². The predicted molar refractivity (Wildman–Crippen MR) is 135 cm³/mol. The average molecular weight is 523 g/mol. The Morgan fingerprint density at radius 1 is 0.941 bits per heavy atom. The molecule has 3 aromatic rings. The molecule has 0 heterocycles. The van der Waals surface area contributed by atoms with Gasteiger partial charge in [0.1, 0.15) is 22.9 Å². The van der Waals surface area contributed by atoms with E-state index in [9.17, 15) is 13.2 Å². The van der Waals surface area contributed by atoms with Crippen molar-refractivity contribution < 1.29 is 22.7 Å². The number of nitrogens with zero attached hydrogens (tertiary/aromatic N) is 1. The Balaban J connectivity index is 2.07. The molecule has 0 spiro atoms. The maximum Gasteiger partial charge on any atom is 0.268 e. The van der Waals surface area contributed by atoms with E-state index < -0.39 is 22.5 Å². The number of nitrogens with one attached hydrogen (secondary N) is 1. The normalized spacial score (nSPS) is 11.1. The Morgan fingerprint density at radius 3 is 2.26 bits per heavy atom. The molecular formula is C24H24Cl2N2O5S. The fraction of sp³-hybridized carbons (Fsp3) is 0.208. The number of carbonyl (C=O) groups excluding carboxylic acids is 1. The van der Waals surface area contributed by atoms with Gasteiger partial charge in [-0.2, -0.15) is 0 Å². The van der Waals surface area contributed by atoms with E-state index in [0.29, 0.717) is 27.6 Å². The van der Waals surface area contributed by atoms with Gasteiger partial charge in [-0.25, -0.2) is 8.42 Å². The Labute approximate surface area is 209 Å². The van der Waals surface area contributed by atoms with Gasteiger partial charge in [-0.3, -0.25) is 9.10 Å². The van der Waals surface area contributed by atoms with E-state index in [-0.39, 0.29) is 21.4 Å². The molecule has 0 saturated heterocycles. The number of methoxy groups -OCH3 is 2. The van der Waals surface area contributed by atoms with Crippen LogP contribution in [0.2, 0.25) is 10.0 Å². The molecule has 0 bridgehead atoms. The predicted octanol–water partition coefficient (Wildman–Crippen LogP) is 5.46. The smallest absolute Gasteiger partial charge is 0.268 e. The number of hydrogen-bond donors (Lipinski definition) is 1. The first kappa shape index (κ1) is 25.7. The molecule has 0 aliphatic carbocycles. The second-order valence-corrected chi connectivity index (χ2v) is 10.1. The molecule has 7 nitrogen and oxygen atoms in total. The van der Waals surface area contributed by atoms with Crippen LogP contribution in [-0.4, -0.2) is 35.1 Å². The first-order chi connectivity index (χ1) is 16.1. The number of aryl methyl sites for hydroxylation is 1. The van der Waals surface area contributed by atoms with E-state index in [4.69, 9.17) is 32.7 Å². The first-order valence-corrected chi connectivity index (χ1v) is 12.3. The van der Waals surface area contributed by atoms with E-state index in [1.54, 1.807) is 44.2 Å². The van der Waals surface area contributed by atoms with Crippen molar-refractivity contribution in [3.05, 3.63) is 75.8 Å². The lowest BCUT2D eigenvalue weighted by Crippen LogP contribution is -2.38. The van der Waals surface area contributed by atoms with Crippen molar-refractivity contribution in [3.8, 4) is 11.5 Å². The molecule has 0 atom stereocenters. The summed E-state index contributed by atoms with van der Waals surface area (Å²) >= 11 is 12.4. The van der Waals surface area contributed by atoms with Crippen LogP contribution in [0, 0.1) is 13.8 Å². The van der Waals surface area contributed by atoms with Crippen LogP contribution in [0.4, 0.5) is 11.4 Å². The molecule has 0 aromatic heterocycles. The van der Waals surface area contributed by atoms with Gasteiger partial charge in [-0.15, -0.1) is 0 Å². The second kappa shape index (κ2) is 10.5. The summed E-state index contributed by atoms with van der Waals surface area (Å²) in [6, 6.07) is 14.4. The maximum absolute atomic E-state index is 13.8. The fourth-order valence-corrected chi connectivity index (χ4v) is 5.38. The van der Waals surface area contributed by atoms with Crippen LogP contribution in [0.15, 0.2) is 59.5 Å². The number of rotatable bonds is 8. The van der Waals surface area contributed by atoms with E-state index in [0.717, 1.165) is 4.31 Å². The molecule has 0 saturated carbocycles. The highest BCUT2D eigenvalue weighted by Crippen LogP contribution is 2.34. The third kappa shape index (κ3) is 5.41. The zero-order valence-corrected chi connectivity index (χ0v) is 21.4. The third-order valence-electron chi connectivity index (χ3n) is 5.14. The van der Waals surface area contributed by atoms with Gasteiger partial charge in [-0.1, -0.05) is 35.3 Å². The topological polar surface area (TPSA) is 84.9 Å². The summed E-state index contributed by atoms with van der Waals surface area (Å²) in [7, 11) is -1.41. The zero-order chi connectivity index (χ0) is 25.0. The number of halogens is 2. The first-order valence-electron chi connectivity index (χ1n) is 10.1. The Bertz CT molecular complexity index is 1330. The molecular weight excluding hydrogens is 499 g/mol. The molecule has 1 N–H and O–H groups in total. The van der Waals surface area contributed by atoms with Gasteiger partial charge in [0.25, 0.3) is 10.0 Å². The van der Waals surface area contributed by atoms with E-state index in [1.807, 2.05) is 0 Å². The minimum Gasteiger partial charge on any atom is -0.495 e. The van der Waals surface area contributed by atoms with Gasteiger partial charge in [-0.05, 0) is 67.4 Å². The number of anilines is 2. The van der Waals surface area contributed by atoms with Crippen molar-refractivity contribution in [2.75, 3.05) is 30.4 Å². The highest BCUT2D eigenvalue weighted by atomic mass is 35.5. The lowest BCUT2D eigenvalue weighted by molar-refractivity contribution is -0.114. The van der Waals surface area contributed by atoms with Crippen molar-refractivity contribution in [2.24, 2.45) is 0 Å². The summed E-state index contributed by atoms with van der Waals surface area (Å²) in [6.07, 6.45) is 0. The summed E-state index contributed by atoms with van der Waals surface area (Å²) in [6.45, 7) is 3.00. The molecule has 0 fully saturated rings. The maximum atomic E-state index is 13.8. The highest BCUT2D eigenvalue weighted by Gasteiger charge is 2.31. The number of sulfonamides is 1. The summed E-state index contributed by atoms with van der Waals surface area (Å²) in [4.78, 5) is 12.9. The minimum atomic E-state index is -4.24. The number of ether oxygens (including phenoxy) is 2. The monoisotopic (exact) mass is 522 g/mol. The van der Waals surface area contributed by atoms with Crippen molar-refractivity contribution in [1.82, 2.24) is 0 Å². The van der Waals surface area contributed by atoms with Crippen molar-refractivity contribution in [1.29, 1.82) is 0 Å². The molecule has 180 valence electrons.